The fourth-order valence-electron chi connectivity index (χ4n) is 1.96. The first kappa shape index (κ1) is 11.5. The topological polar surface area (TPSA) is 25.8 Å². The summed E-state index contributed by atoms with van der Waals surface area (Å²) < 4.78 is 13.2. The van der Waals surface area contributed by atoms with Gasteiger partial charge in [0.05, 0.1) is 5.69 Å². The molecule has 3 aromatic rings. The molecule has 0 radical (unpaired) electrons. The maximum Gasteiger partial charge on any atom is 0.123 e. The number of pyridine rings is 2. The Hall–Kier alpha value is -2.55. The van der Waals surface area contributed by atoms with Crippen LogP contribution in [0.15, 0.2) is 67.1 Å². The van der Waals surface area contributed by atoms with E-state index >= 15 is 0 Å². The van der Waals surface area contributed by atoms with E-state index in [1.54, 1.807) is 24.7 Å². The van der Waals surface area contributed by atoms with Crippen LogP contribution in [0.4, 0.5) is 4.39 Å². The van der Waals surface area contributed by atoms with Crippen molar-refractivity contribution in [1.29, 1.82) is 0 Å². The predicted octanol–water partition coefficient (Wildman–Crippen LogP) is 3.95. The highest BCUT2D eigenvalue weighted by Crippen LogP contribution is 2.24. The molecule has 0 amide bonds. The molecule has 0 saturated heterocycles. The van der Waals surface area contributed by atoms with Crippen molar-refractivity contribution in [2.45, 2.75) is 0 Å². The lowest BCUT2D eigenvalue weighted by molar-refractivity contribution is 0.628. The zero-order chi connectivity index (χ0) is 13.1. The second-order valence-electron chi connectivity index (χ2n) is 4.18. The molecule has 0 N–H and O–H groups in total. The Bertz CT molecular complexity index is 696. The summed E-state index contributed by atoms with van der Waals surface area (Å²) in [7, 11) is 0. The van der Waals surface area contributed by atoms with Gasteiger partial charge in [-0.05, 0) is 47.5 Å². The molecule has 19 heavy (non-hydrogen) atoms. The molecule has 92 valence electrons. The molecule has 0 aliphatic rings. The van der Waals surface area contributed by atoms with Gasteiger partial charge >= 0.3 is 0 Å². The smallest absolute Gasteiger partial charge is 0.123 e. The molecule has 3 heteroatoms. The van der Waals surface area contributed by atoms with Crippen molar-refractivity contribution in [3.05, 3.63) is 72.9 Å². The second kappa shape index (κ2) is 4.98. The van der Waals surface area contributed by atoms with E-state index in [1.165, 1.54) is 12.1 Å². The SMILES string of the molecule is Fc1cccc(-c2cc(-c3ccncc3)ccn2)c1. The minimum absolute atomic E-state index is 0.256. The molecule has 0 atom stereocenters. The van der Waals surface area contributed by atoms with Crippen molar-refractivity contribution in [2.24, 2.45) is 0 Å². The van der Waals surface area contributed by atoms with E-state index in [-0.39, 0.29) is 5.82 Å². The van der Waals surface area contributed by atoms with Crippen LogP contribution in [0.25, 0.3) is 22.4 Å². The molecule has 2 nitrogen and oxygen atoms in total. The molecule has 0 fully saturated rings. The molecule has 2 heterocycles. The first-order chi connectivity index (χ1) is 9.33. The third-order valence-electron chi connectivity index (χ3n) is 2.89. The molecule has 1 aromatic carbocycles. The Morgan fingerprint density at radius 2 is 1.53 bits per heavy atom. The van der Waals surface area contributed by atoms with Crippen LogP contribution in [0, 0.1) is 5.82 Å². The first-order valence-corrected chi connectivity index (χ1v) is 5.95. The highest BCUT2D eigenvalue weighted by atomic mass is 19.1. The van der Waals surface area contributed by atoms with Gasteiger partial charge in [0.1, 0.15) is 5.82 Å². The largest absolute Gasteiger partial charge is 0.265 e. The molecule has 3 rings (SSSR count). The van der Waals surface area contributed by atoms with Gasteiger partial charge in [0.2, 0.25) is 0 Å². The highest BCUT2D eigenvalue weighted by Gasteiger charge is 2.03. The average Bonchev–Trinajstić information content (AvgIpc) is 2.48. The van der Waals surface area contributed by atoms with Crippen molar-refractivity contribution >= 4 is 0 Å². The second-order valence-corrected chi connectivity index (χ2v) is 4.18. The van der Waals surface area contributed by atoms with Gasteiger partial charge in [-0.2, -0.15) is 0 Å². The highest BCUT2D eigenvalue weighted by molar-refractivity contribution is 5.69. The average molecular weight is 250 g/mol. The van der Waals surface area contributed by atoms with Crippen LogP contribution in [-0.4, -0.2) is 9.97 Å². The van der Waals surface area contributed by atoms with Gasteiger partial charge < -0.3 is 0 Å². The summed E-state index contributed by atoms with van der Waals surface area (Å²) in [4.78, 5) is 8.29. The summed E-state index contributed by atoms with van der Waals surface area (Å²) in [5, 5.41) is 0. The molecular weight excluding hydrogens is 239 g/mol. The number of hydrogen-bond donors (Lipinski definition) is 0. The van der Waals surface area contributed by atoms with Gasteiger partial charge in [0, 0.05) is 24.2 Å². The van der Waals surface area contributed by atoms with Crippen molar-refractivity contribution in [1.82, 2.24) is 9.97 Å². The normalized spacial score (nSPS) is 10.4. The third kappa shape index (κ3) is 2.50. The van der Waals surface area contributed by atoms with Crippen LogP contribution in [0.2, 0.25) is 0 Å². The Morgan fingerprint density at radius 1 is 0.737 bits per heavy atom. The number of hydrogen-bond acceptors (Lipinski definition) is 2. The standard InChI is InChI=1S/C16H11FN2/c17-15-3-1-2-14(10-15)16-11-13(6-9-19-16)12-4-7-18-8-5-12/h1-11H. The molecule has 0 spiro atoms. The van der Waals surface area contributed by atoms with E-state index in [4.69, 9.17) is 0 Å². The van der Waals surface area contributed by atoms with E-state index in [1.807, 2.05) is 30.3 Å². The van der Waals surface area contributed by atoms with Crippen molar-refractivity contribution in [3.63, 3.8) is 0 Å². The number of aromatic nitrogens is 2. The van der Waals surface area contributed by atoms with Crippen LogP contribution in [0.5, 0.6) is 0 Å². The monoisotopic (exact) mass is 250 g/mol. The number of nitrogens with zero attached hydrogens (tertiary/aromatic N) is 2. The minimum Gasteiger partial charge on any atom is -0.265 e. The van der Waals surface area contributed by atoms with E-state index in [2.05, 4.69) is 9.97 Å². The molecule has 0 aliphatic carbocycles. The quantitative estimate of drug-likeness (QED) is 0.688. The van der Waals surface area contributed by atoms with Crippen LogP contribution < -0.4 is 0 Å². The van der Waals surface area contributed by atoms with Gasteiger partial charge in [0.25, 0.3) is 0 Å². The van der Waals surface area contributed by atoms with E-state index in [9.17, 15) is 4.39 Å². The number of rotatable bonds is 2. The minimum atomic E-state index is -0.256. The van der Waals surface area contributed by atoms with E-state index < -0.39 is 0 Å². The predicted molar refractivity (Wildman–Crippen MR) is 72.9 cm³/mol. The van der Waals surface area contributed by atoms with Crippen LogP contribution in [-0.2, 0) is 0 Å². The van der Waals surface area contributed by atoms with Crippen molar-refractivity contribution in [3.8, 4) is 22.4 Å². The van der Waals surface area contributed by atoms with E-state index in [0.29, 0.717) is 0 Å². The van der Waals surface area contributed by atoms with Gasteiger partial charge in [-0.1, -0.05) is 12.1 Å². The van der Waals surface area contributed by atoms with Crippen LogP contribution in [0.3, 0.4) is 0 Å². The lowest BCUT2D eigenvalue weighted by atomic mass is 10.0. The fourth-order valence-corrected chi connectivity index (χ4v) is 1.96. The van der Waals surface area contributed by atoms with Gasteiger partial charge in [-0.15, -0.1) is 0 Å². The summed E-state index contributed by atoms with van der Waals surface area (Å²) in [6, 6.07) is 14.2. The third-order valence-corrected chi connectivity index (χ3v) is 2.89. The molecular formula is C16H11FN2. The van der Waals surface area contributed by atoms with E-state index in [0.717, 1.165) is 22.4 Å². The lowest BCUT2D eigenvalue weighted by Gasteiger charge is -2.05. The maximum absolute atomic E-state index is 13.2. The molecule has 0 saturated carbocycles. The summed E-state index contributed by atoms with van der Waals surface area (Å²) in [6.07, 6.45) is 5.23. The summed E-state index contributed by atoms with van der Waals surface area (Å²) >= 11 is 0. The Morgan fingerprint density at radius 3 is 2.32 bits per heavy atom. The Kier molecular flexibility index (Phi) is 3.02. The summed E-state index contributed by atoms with van der Waals surface area (Å²) in [6.45, 7) is 0. The van der Waals surface area contributed by atoms with Crippen molar-refractivity contribution in [2.75, 3.05) is 0 Å². The Balaban J connectivity index is 2.06. The first-order valence-electron chi connectivity index (χ1n) is 5.95. The van der Waals surface area contributed by atoms with Crippen molar-refractivity contribution < 1.29 is 4.39 Å². The zero-order valence-electron chi connectivity index (χ0n) is 10.1. The molecule has 0 bridgehead atoms. The molecule has 0 unspecified atom stereocenters. The maximum atomic E-state index is 13.2. The fraction of sp³-hybridized carbons (Fsp3) is 0. The van der Waals surface area contributed by atoms with Gasteiger partial charge in [-0.25, -0.2) is 4.39 Å². The molecule has 0 aliphatic heterocycles. The van der Waals surface area contributed by atoms with Crippen LogP contribution in [0.1, 0.15) is 0 Å². The summed E-state index contributed by atoms with van der Waals surface area (Å²) in [5.41, 5.74) is 3.64. The Labute approximate surface area is 110 Å². The van der Waals surface area contributed by atoms with Crippen LogP contribution >= 0.6 is 0 Å². The van der Waals surface area contributed by atoms with Gasteiger partial charge in [-0.3, -0.25) is 9.97 Å². The number of benzene rings is 1. The summed E-state index contributed by atoms with van der Waals surface area (Å²) in [5.74, 6) is -0.256. The number of halogens is 1. The zero-order valence-corrected chi connectivity index (χ0v) is 10.1. The molecule has 2 aromatic heterocycles. The lowest BCUT2D eigenvalue weighted by Crippen LogP contribution is -1.86. The van der Waals surface area contributed by atoms with Gasteiger partial charge in [0.15, 0.2) is 0 Å².